The smallest absolute Gasteiger partial charge is 0.120 e. The standard InChI is InChI=1S/C12H15ClO2/c13-10-4-3-5-11(8-10)15-9-12(14)6-1-2-7-12/h3-5,8,14H,1-2,6-7,9H2. The minimum atomic E-state index is -0.623. The minimum absolute atomic E-state index is 0.368. The van der Waals surface area contributed by atoms with Crippen molar-refractivity contribution < 1.29 is 9.84 Å². The largest absolute Gasteiger partial charge is 0.491 e. The molecule has 1 fully saturated rings. The zero-order chi connectivity index (χ0) is 10.7. The van der Waals surface area contributed by atoms with Gasteiger partial charge in [0.15, 0.2) is 0 Å². The summed E-state index contributed by atoms with van der Waals surface area (Å²) >= 11 is 5.83. The van der Waals surface area contributed by atoms with Crippen LogP contribution in [0.15, 0.2) is 24.3 Å². The van der Waals surface area contributed by atoms with Gasteiger partial charge in [-0.25, -0.2) is 0 Å². The Kier molecular flexibility index (Phi) is 3.17. The molecule has 1 aliphatic carbocycles. The number of rotatable bonds is 3. The first-order valence-corrected chi connectivity index (χ1v) is 5.67. The van der Waals surface area contributed by atoms with Gasteiger partial charge in [-0.1, -0.05) is 30.5 Å². The van der Waals surface area contributed by atoms with E-state index in [1.165, 1.54) is 0 Å². The van der Waals surface area contributed by atoms with Gasteiger partial charge in [0, 0.05) is 5.02 Å². The quantitative estimate of drug-likeness (QED) is 0.859. The Hall–Kier alpha value is -0.730. The molecule has 0 atom stereocenters. The fourth-order valence-electron chi connectivity index (χ4n) is 1.95. The van der Waals surface area contributed by atoms with E-state index in [0.29, 0.717) is 11.6 Å². The van der Waals surface area contributed by atoms with Gasteiger partial charge < -0.3 is 9.84 Å². The second-order valence-corrected chi connectivity index (χ2v) is 4.61. The van der Waals surface area contributed by atoms with Crippen LogP contribution in [0.1, 0.15) is 25.7 Å². The Labute approximate surface area is 94.8 Å². The van der Waals surface area contributed by atoms with Crippen molar-refractivity contribution in [3.63, 3.8) is 0 Å². The summed E-state index contributed by atoms with van der Waals surface area (Å²) in [6.07, 6.45) is 3.87. The van der Waals surface area contributed by atoms with Crippen molar-refractivity contribution >= 4 is 11.6 Å². The van der Waals surface area contributed by atoms with Gasteiger partial charge >= 0.3 is 0 Å². The van der Waals surface area contributed by atoms with Crippen molar-refractivity contribution in [2.45, 2.75) is 31.3 Å². The van der Waals surface area contributed by atoms with E-state index in [-0.39, 0.29) is 0 Å². The minimum Gasteiger partial charge on any atom is -0.491 e. The van der Waals surface area contributed by atoms with E-state index < -0.39 is 5.60 Å². The van der Waals surface area contributed by atoms with E-state index in [1.807, 2.05) is 12.1 Å². The highest BCUT2D eigenvalue weighted by molar-refractivity contribution is 6.30. The average Bonchev–Trinajstić information content (AvgIpc) is 2.63. The predicted octanol–water partition coefficient (Wildman–Crippen LogP) is 3.02. The number of hydrogen-bond donors (Lipinski definition) is 1. The van der Waals surface area contributed by atoms with E-state index in [9.17, 15) is 5.11 Å². The Bertz CT molecular complexity index is 332. The summed E-state index contributed by atoms with van der Waals surface area (Å²) in [5.41, 5.74) is -0.623. The third-order valence-corrected chi connectivity index (χ3v) is 3.07. The number of hydrogen-bond acceptors (Lipinski definition) is 2. The summed E-state index contributed by atoms with van der Waals surface area (Å²) in [7, 11) is 0. The van der Waals surface area contributed by atoms with Crippen LogP contribution in [0.25, 0.3) is 0 Å². The lowest BCUT2D eigenvalue weighted by atomic mass is 10.0. The Morgan fingerprint density at radius 3 is 2.73 bits per heavy atom. The average molecular weight is 227 g/mol. The summed E-state index contributed by atoms with van der Waals surface area (Å²) in [5, 5.41) is 10.7. The van der Waals surface area contributed by atoms with Gasteiger partial charge in [0.25, 0.3) is 0 Å². The number of aliphatic hydroxyl groups is 1. The highest BCUT2D eigenvalue weighted by Crippen LogP contribution is 2.30. The van der Waals surface area contributed by atoms with Crippen LogP contribution in [0.3, 0.4) is 0 Å². The summed E-state index contributed by atoms with van der Waals surface area (Å²) in [4.78, 5) is 0. The third kappa shape index (κ3) is 2.86. The number of halogens is 1. The zero-order valence-electron chi connectivity index (χ0n) is 8.58. The fraction of sp³-hybridized carbons (Fsp3) is 0.500. The maximum atomic E-state index is 10.1. The van der Waals surface area contributed by atoms with Crippen LogP contribution < -0.4 is 4.74 Å². The van der Waals surface area contributed by atoms with Gasteiger partial charge in [0.05, 0.1) is 5.60 Å². The maximum Gasteiger partial charge on any atom is 0.120 e. The van der Waals surface area contributed by atoms with Gasteiger partial charge in [-0.05, 0) is 31.0 Å². The first-order chi connectivity index (χ1) is 7.18. The second-order valence-electron chi connectivity index (χ2n) is 4.18. The molecule has 1 aliphatic rings. The molecule has 15 heavy (non-hydrogen) atoms. The van der Waals surface area contributed by atoms with Crippen LogP contribution in [-0.2, 0) is 0 Å². The molecule has 1 N–H and O–H groups in total. The van der Waals surface area contributed by atoms with Crippen molar-refractivity contribution in [3.8, 4) is 5.75 Å². The Balaban J connectivity index is 1.92. The van der Waals surface area contributed by atoms with Crippen LogP contribution >= 0.6 is 11.6 Å². The van der Waals surface area contributed by atoms with Gasteiger partial charge in [0.2, 0.25) is 0 Å². The topological polar surface area (TPSA) is 29.5 Å². The molecule has 2 nitrogen and oxygen atoms in total. The zero-order valence-corrected chi connectivity index (χ0v) is 9.33. The van der Waals surface area contributed by atoms with Crippen molar-refractivity contribution in [1.82, 2.24) is 0 Å². The molecule has 0 bridgehead atoms. The molecule has 0 radical (unpaired) electrons. The Morgan fingerprint density at radius 1 is 1.33 bits per heavy atom. The highest BCUT2D eigenvalue weighted by atomic mass is 35.5. The van der Waals surface area contributed by atoms with Gasteiger partial charge in [-0.2, -0.15) is 0 Å². The lowest BCUT2D eigenvalue weighted by molar-refractivity contribution is 0.00141. The molecule has 0 saturated heterocycles. The van der Waals surface area contributed by atoms with E-state index in [2.05, 4.69) is 0 Å². The summed E-state index contributed by atoms with van der Waals surface area (Å²) in [5.74, 6) is 0.725. The fourth-order valence-corrected chi connectivity index (χ4v) is 2.13. The van der Waals surface area contributed by atoms with Gasteiger partial charge in [-0.3, -0.25) is 0 Å². The van der Waals surface area contributed by atoms with E-state index in [0.717, 1.165) is 31.4 Å². The molecule has 1 aromatic carbocycles. The third-order valence-electron chi connectivity index (χ3n) is 2.84. The molecule has 0 spiro atoms. The summed E-state index contributed by atoms with van der Waals surface area (Å²) in [6, 6.07) is 7.26. The molecule has 1 aromatic rings. The van der Waals surface area contributed by atoms with E-state index in [1.54, 1.807) is 12.1 Å². The molecule has 82 valence electrons. The van der Waals surface area contributed by atoms with Crippen LogP contribution in [0.5, 0.6) is 5.75 Å². The molecule has 1 saturated carbocycles. The van der Waals surface area contributed by atoms with Crippen LogP contribution in [0.2, 0.25) is 5.02 Å². The molecule has 0 amide bonds. The van der Waals surface area contributed by atoms with Crippen molar-refractivity contribution in [2.75, 3.05) is 6.61 Å². The maximum absolute atomic E-state index is 10.1. The second kappa shape index (κ2) is 4.42. The molecular formula is C12H15ClO2. The summed E-state index contributed by atoms with van der Waals surface area (Å²) in [6.45, 7) is 0.368. The molecule has 0 aliphatic heterocycles. The van der Waals surface area contributed by atoms with Crippen LogP contribution in [0, 0.1) is 0 Å². The molecule has 0 unspecified atom stereocenters. The highest BCUT2D eigenvalue weighted by Gasteiger charge is 2.31. The van der Waals surface area contributed by atoms with E-state index >= 15 is 0 Å². The number of ether oxygens (including phenoxy) is 1. The van der Waals surface area contributed by atoms with Gasteiger partial charge in [0.1, 0.15) is 12.4 Å². The van der Waals surface area contributed by atoms with Crippen molar-refractivity contribution in [1.29, 1.82) is 0 Å². The molecular weight excluding hydrogens is 212 g/mol. The van der Waals surface area contributed by atoms with Crippen LogP contribution in [0.4, 0.5) is 0 Å². The summed E-state index contributed by atoms with van der Waals surface area (Å²) < 4.78 is 5.54. The molecule has 3 heteroatoms. The van der Waals surface area contributed by atoms with Gasteiger partial charge in [-0.15, -0.1) is 0 Å². The number of benzene rings is 1. The first-order valence-electron chi connectivity index (χ1n) is 5.29. The SMILES string of the molecule is OC1(COc2cccc(Cl)c2)CCCC1. The van der Waals surface area contributed by atoms with Crippen molar-refractivity contribution in [3.05, 3.63) is 29.3 Å². The lowest BCUT2D eigenvalue weighted by Crippen LogP contribution is -2.32. The monoisotopic (exact) mass is 226 g/mol. The molecule has 0 aromatic heterocycles. The predicted molar refractivity (Wildman–Crippen MR) is 60.4 cm³/mol. The van der Waals surface area contributed by atoms with Crippen molar-refractivity contribution in [2.24, 2.45) is 0 Å². The Morgan fingerprint density at radius 2 is 2.07 bits per heavy atom. The van der Waals surface area contributed by atoms with E-state index in [4.69, 9.17) is 16.3 Å². The molecule has 2 rings (SSSR count). The lowest BCUT2D eigenvalue weighted by Gasteiger charge is -2.22. The molecule has 0 heterocycles. The normalized spacial score (nSPS) is 19.1. The van der Waals surface area contributed by atoms with Crippen LogP contribution in [-0.4, -0.2) is 17.3 Å². The first kappa shape index (κ1) is 10.8.